The highest BCUT2D eigenvalue weighted by atomic mass is 35.5. The van der Waals surface area contributed by atoms with E-state index >= 15 is 0 Å². The zero-order valence-electron chi connectivity index (χ0n) is 10.1. The molecule has 0 fully saturated rings. The number of benzene rings is 1. The molecular weight excluding hydrogens is 290 g/mol. The van der Waals surface area contributed by atoms with Crippen LogP contribution in [0.2, 0.25) is 5.02 Å². The van der Waals surface area contributed by atoms with Gasteiger partial charge in [-0.25, -0.2) is 0 Å². The van der Waals surface area contributed by atoms with Crippen molar-refractivity contribution in [3.05, 3.63) is 38.9 Å². The fraction of sp³-hybridized carbons (Fsp3) is 0.273. The van der Waals surface area contributed by atoms with Crippen LogP contribution < -0.4 is 10.6 Å². The van der Waals surface area contributed by atoms with E-state index in [9.17, 15) is 14.9 Å². The van der Waals surface area contributed by atoms with Crippen molar-refractivity contribution in [2.45, 2.75) is 6.42 Å². The van der Waals surface area contributed by atoms with Crippen LogP contribution in [0.25, 0.3) is 0 Å². The van der Waals surface area contributed by atoms with Crippen LogP contribution in [0.5, 0.6) is 0 Å². The van der Waals surface area contributed by atoms with Crippen LogP contribution in [0.3, 0.4) is 0 Å². The summed E-state index contributed by atoms with van der Waals surface area (Å²) >= 11 is 10.6. The van der Waals surface area contributed by atoms with Gasteiger partial charge in [0.15, 0.2) is 10.9 Å². The number of nitro groups is 1. The van der Waals surface area contributed by atoms with Crippen LogP contribution in [0.4, 0.5) is 5.69 Å². The first-order valence-electron chi connectivity index (χ1n) is 5.38. The lowest BCUT2D eigenvalue weighted by Crippen LogP contribution is -2.33. The van der Waals surface area contributed by atoms with Gasteiger partial charge in [-0.3, -0.25) is 14.9 Å². The second-order valence-electron chi connectivity index (χ2n) is 3.60. The largest absolute Gasteiger partial charge is 0.366 e. The number of nitro benzene ring substituents is 1. The van der Waals surface area contributed by atoms with Gasteiger partial charge in [0, 0.05) is 31.1 Å². The molecule has 0 radical (unpaired) electrons. The summed E-state index contributed by atoms with van der Waals surface area (Å²) in [4.78, 5) is 22.2. The van der Waals surface area contributed by atoms with Crippen molar-refractivity contribution in [3.63, 3.8) is 0 Å². The Morgan fingerprint density at radius 3 is 2.79 bits per heavy atom. The molecule has 1 aromatic carbocycles. The normalized spacial score (nSPS) is 9.79. The van der Waals surface area contributed by atoms with Crippen molar-refractivity contribution in [1.29, 1.82) is 0 Å². The van der Waals surface area contributed by atoms with Crippen LogP contribution in [0.15, 0.2) is 18.2 Å². The SMILES string of the molecule is CNC(=S)NCCC(=O)c1cc(Cl)ccc1[N+](=O)[O-]. The highest BCUT2D eigenvalue weighted by Crippen LogP contribution is 2.23. The quantitative estimate of drug-likeness (QED) is 0.374. The Morgan fingerprint density at radius 2 is 2.21 bits per heavy atom. The molecule has 0 amide bonds. The van der Waals surface area contributed by atoms with Crippen molar-refractivity contribution >= 4 is 40.4 Å². The van der Waals surface area contributed by atoms with Gasteiger partial charge in [-0.2, -0.15) is 0 Å². The Bertz CT molecular complexity index is 522. The maximum absolute atomic E-state index is 11.9. The monoisotopic (exact) mass is 301 g/mol. The molecule has 0 aliphatic rings. The van der Waals surface area contributed by atoms with Gasteiger partial charge in [-0.05, 0) is 24.4 Å². The van der Waals surface area contributed by atoms with Gasteiger partial charge in [-0.1, -0.05) is 11.6 Å². The summed E-state index contributed by atoms with van der Waals surface area (Å²) in [5, 5.41) is 17.0. The molecule has 2 N–H and O–H groups in total. The third-order valence-corrected chi connectivity index (χ3v) is 2.90. The minimum Gasteiger partial charge on any atom is -0.366 e. The van der Waals surface area contributed by atoms with E-state index in [2.05, 4.69) is 10.6 Å². The van der Waals surface area contributed by atoms with Crippen LogP contribution in [0.1, 0.15) is 16.8 Å². The molecule has 1 rings (SSSR count). The fourth-order valence-electron chi connectivity index (χ4n) is 1.40. The first-order valence-corrected chi connectivity index (χ1v) is 6.17. The second kappa shape index (κ2) is 7.01. The lowest BCUT2D eigenvalue weighted by atomic mass is 10.1. The van der Waals surface area contributed by atoms with Crippen LogP contribution in [-0.4, -0.2) is 29.4 Å². The zero-order chi connectivity index (χ0) is 14.4. The summed E-state index contributed by atoms with van der Waals surface area (Å²) in [6.07, 6.45) is 0.0863. The molecular formula is C11H12ClN3O3S. The minimum absolute atomic E-state index is 0.00896. The van der Waals surface area contributed by atoms with E-state index in [0.29, 0.717) is 11.7 Å². The van der Waals surface area contributed by atoms with Crippen LogP contribution in [-0.2, 0) is 0 Å². The standard InChI is InChI=1S/C11H12ClN3O3S/c1-13-11(19)14-5-4-10(16)8-6-7(12)2-3-9(8)15(17)18/h2-3,6H,4-5H2,1H3,(H2,13,14,19). The number of Topliss-reactive ketones (excluding diaryl/α,β-unsaturated/α-hetero) is 1. The predicted molar refractivity (Wildman–Crippen MR) is 76.7 cm³/mol. The van der Waals surface area contributed by atoms with Crippen LogP contribution in [0, 0.1) is 10.1 Å². The molecule has 0 aliphatic carbocycles. The first kappa shape index (κ1) is 15.3. The lowest BCUT2D eigenvalue weighted by molar-refractivity contribution is -0.385. The smallest absolute Gasteiger partial charge is 0.280 e. The number of carbonyl (C=O) groups is 1. The number of hydrogen-bond donors (Lipinski definition) is 2. The number of ketones is 1. The van der Waals surface area contributed by atoms with Gasteiger partial charge >= 0.3 is 0 Å². The lowest BCUT2D eigenvalue weighted by Gasteiger charge is -2.06. The molecule has 0 aromatic heterocycles. The van der Waals surface area contributed by atoms with Crippen molar-refractivity contribution in [2.24, 2.45) is 0 Å². The fourth-order valence-corrected chi connectivity index (χ4v) is 1.68. The highest BCUT2D eigenvalue weighted by Gasteiger charge is 2.19. The van der Waals surface area contributed by atoms with Gasteiger partial charge in [-0.15, -0.1) is 0 Å². The maximum atomic E-state index is 11.9. The van der Waals surface area contributed by atoms with Crippen LogP contribution >= 0.6 is 23.8 Å². The number of nitrogens with zero attached hydrogens (tertiary/aromatic N) is 1. The van der Waals surface area contributed by atoms with E-state index < -0.39 is 4.92 Å². The number of rotatable bonds is 5. The van der Waals surface area contributed by atoms with E-state index in [1.807, 2.05) is 0 Å². The molecule has 6 nitrogen and oxygen atoms in total. The summed E-state index contributed by atoms with van der Waals surface area (Å²) < 4.78 is 0. The number of carbonyl (C=O) groups excluding carboxylic acids is 1. The molecule has 0 saturated heterocycles. The third kappa shape index (κ3) is 4.46. The molecule has 0 spiro atoms. The van der Waals surface area contributed by atoms with Crippen molar-refractivity contribution in [3.8, 4) is 0 Å². The molecule has 8 heteroatoms. The molecule has 0 heterocycles. The van der Waals surface area contributed by atoms with Gasteiger partial charge < -0.3 is 10.6 Å². The summed E-state index contributed by atoms with van der Waals surface area (Å²) in [5.41, 5.74) is -0.236. The first-order chi connectivity index (χ1) is 8.95. The molecule has 1 aromatic rings. The second-order valence-corrected chi connectivity index (χ2v) is 4.44. The Kier molecular flexibility index (Phi) is 5.65. The highest BCUT2D eigenvalue weighted by molar-refractivity contribution is 7.80. The molecule has 19 heavy (non-hydrogen) atoms. The van der Waals surface area contributed by atoms with E-state index in [1.165, 1.54) is 18.2 Å². The van der Waals surface area contributed by atoms with E-state index in [-0.39, 0.29) is 28.5 Å². The average molecular weight is 302 g/mol. The molecule has 0 atom stereocenters. The minimum atomic E-state index is -0.602. The van der Waals surface area contributed by atoms with Gasteiger partial charge in [0.05, 0.1) is 10.5 Å². The Hall–Kier alpha value is -1.73. The third-order valence-electron chi connectivity index (χ3n) is 2.32. The number of halogens is 1. The summed E-state index contributed by atoms with van der Waals surface area (Å²) in [5.74, 6) is -0.361. The maximum Gasteiger partial charge on any atom is 0.280 e. The zero-order valence-corrected chi connectivity index (χ0v) is 11.7. The van der Waals surface area contributed by atoms with E-state index in [1.54, 1.807) is 7.05 Å². The average Bonchev–Trinajstić information content (AvgIpc) is 2.37. The molecule has 0 bridgehead atoms. The number of thiocarbonyl (C=S) groups is 1. The molecule has 102 valence electrons. The number of nitrogens with one attached hydrogen (secondary N) is 2. The summed E-state index contributed by atoms with van der Waals surface area (Å²) in [6.45, 7) is 0.294. The summed E-state index contributed by atoms with van der Waals surface area (Å²) in [7, 11) is 1.65. The van der Waals surface area contributed by atoms with Crippen molar-refractivity contribution in [1.82, 2.24) is 10.6 Å². The Labute approximate surface area is 120 Å². The van der Waals surface area contributed by atoms with E-state index in [0.717, 1.165) is 0 Å². The molecule has 0 saturated carbocycles. The van der Waals surface area contributed by atoms with E-state index in [4.69, 9.17) is 23.8 Å². The topological polar surface area (TPSA) is 84.3 Å². The Balaban J connectivity index is 2.78. The predicted octanol–water partition coefficient (Wildman–Crippen LogP) is 1.91. The Morgan fingerprint density at radius 1 is 1.53 bits per heavy atom. The molecule has 0 unspecified atom stereocenters. The number of hydrogen-bond acceptors (Lipinski definition) is 4. The van der Waals surface area contributed by atoms with Crippen molar-refractivity contribution < 1.29 is 9.72 Å². The molecule has 0 aliphatic heterocycles. The summed E-state index contributed by atoms with van der Waals surface area (Å²) in [6, 6.07) is 3.91. The van der Waals surface area contributed by atoms with Gasteiger partial charge in [0.2, 0.25) is 0 Å². The van der Waals surface area contributed by atoms with Gasteiger partial charge in [0.1, 0.15) is 0 Å². The van der Waals surface area contributed by atoms with Gasteiger partial charge in [0.25, 0.3) is 5.69 Å². The van der Waals surface area contributed by atoms with Crippen molar-refractivity contribution in [2.75, 3.05) is 13.6 Å².